The molecule has 0 unspecified atom stereocenters. The van der Waals surface area contributed by atoms with Gasteiger partial charge in [0.2, 0.25) is 0 Å². The fourth-order valence-corrected chi connectivity index (χ4v) is 7.66. The minimum atomic E-state index is -0.772. The van der Waals surface area contributed by atoms with E-state index >= 15 is 0 Å². The zero-order valence-corrected chi connectivity index (χ0v) is 26.0. The van der Waals surface area contributed by atoms with Crippen molar-refractivity contribution in [3.63, 3.8) is 0 Å². The van der Waals surface area contributed by atoms with Crippen molar-refractivity contribution < 1.29 is 28.7 Å². The summed E-state index contributed by atoms with van der Waals surface area (Å²) in [6.07, 6.45) is 5.06. The summed E-state index contributed by atoms with van der Waals surface area (Å²) in [5, 5.41) is 2.10. The third-order valence-corrected chi connectivity index (χ3v) is 10.1. The predicted octanol–water partition coefficient (Wildman–Crippen LogP) is 6.27. The van der Waals surface area contributed by atoms with Gasteiger partial charge in [0.05, 0.1) is 28.0 Å². The smallest absolute Gasteiger partial charge is 0.343 e. The lowest BCUT2D eigenvalue weighted by Gasteiger charge is -2.37. The van der Waals surface area contributed by atoms with Gasteiger partial charge in [0, 0.05) is 15.1 Å². The third-order valence-electron chi connectivity index (χ3n) is 9.04. The Hall–Kier alpha value is -3.79. The zero-order chi connectivity index (χ0) is 30.9. The number of benzene rings is 3. The molecule has 1 saturated heterocycles. The number of amides is 3. The number of nitrogens with zero attached hydrogens (tertiary/aromatic N) is 2. The number of carbonyl (C=O) groups is 5. The molecule has 3 aromatic rings. The molecule has 3 fully saturated rings. The van der Waals surface area contributed by atoms with Crippen LogP contribution in [0.2, 0.25) is 10.0 Å². The van der Waals surface area contributed by atoms with E-state index in [-0.39, 0.29) is 33.7 Å². The molecule has 6 atom stereocenters. The molecule has 3 amide bonds. The Morgan fingerprint density at radius 1 is 0.841 bits per heavy atom. The number of halogens is 3. The fourth-order valence-electron chi connectivity index (χ4n) is 6.90. The molecule has 1 aliphatic heterocycles. The Labute approximate surface area is 270 Å². The number of hydrazine groups is 1. The highest BCUT2D eigenvalue weighted by Crippen LogP contribution is 2.65. The van der Waals surface area contributed by atoms with Crippen molar-refractivity contribution in [1.29, 1.82) is 0 Å². The number of esters is 1. The van der Waals surface area contributed by atoms with Crippen molar-refractivity contribution in [1.82, 2.24) is 10.0 Å². The Morgan fingerprint density at radius 3 is 2.02 bits per heavy atom. The number of hydrogen-bond donors (Lipinski definition) is 0. The number of ketones is 1. The van der Waals surface area contributed by atoms with Crippen molar-refractivity contribution in [3.05, 3.63) is 110 Å². The van der Waals surface area contributed by atoms with E-state index in [4.69, 9.17) is 27.9 Å². The van der Waals surface area contributed by atoms with E-state index in [2.05, 4.69) is 15.9 Å². The number of rotatable bonds is 7. The summed E-state index contributed by atoms with van der Waals surface area (Å²) in [6.45, 7) is -0.595. The van der Waals surface area contributed by atoms with Gasteiger partial charge in [0.15, 0.2) is 5.78 Å². The van der Waals surface area contributed by atoms with Gasteiger partial charge in [-0.1, -0.05) is 51.3 Å². The van der Waals surface area contributed by atoms with E-state index in [0.717, 1.165) is 20.9 Å². The van der Waals surface area contributed by atoms with Crippen LogP contribution in [0.3, 0.4) is 0 Å². The van der Waals surface area contributed by atoms with Gasteiger partial charge in [-0.15, -0.1) is 0 Å². The monoisotopic (exact) mass is 692 g/mol. The van der Waals surface area contributed by atoms with Crippen LogP contribution in [0.4, 0.5) is 0 Å². The number of carbonyl (C=O) groups excluding carboxylic acids is 5. The van der Waals surface area contributed by atoms with Crippen LogP contribution in [-0.4, -0.2) is 46.0 Å². The highest BCUT2D eigenvalue weighted by Gasteiger charge is 2.68. The first-order chi connectivity index (χ1) is 21.1. The van der Waals surface area contributed by atoms with Gasteiger partial charge in [0.1, 0.15) is 12.3 Å². The molecule has 0 N–H and O–H groups in total. The van der Waals surface area contributed by atoms with Crippen molar-refractivity contribution >= 4 is 68.6 Å². The first kappa shape index (κ1) is 29.0. The minimum Gasteiger partial charge on any atom is -0.423 e. The van der Waals surface area contributed by atoms with Gasteiger partial charge < -0.3 is 4.74 Å². The number of ether oxygens (including phenoxy) is 1. The Morgan fingerprint density at radius 2 is 1.43 bits per heavy atom. The standard InChI is InChI=1S/C33H23BrCl2N2O6/c34-18-5-1-17(2-6-18)33(43)44-20-8-3-16(4-9-20)27(39)15-37(30(40)23-10-7-19(35)13-26(23)36)38-31(41)28-21-11-12-22(25-14-24(21)25)29(28)32(38)42/h1-13,21-22,24-25,28-29H,14-15H2/t21-,22-,24-,25-,28-,29+/m0/s1. The first-order valence-electron chi connectivity index (χ1n) is 14.1. The highest BCUT2D eigenvalue weighted by atomic mass is 79.9. The van der Waals surface area contributed by atoms with Gasteiger partial charge >= 0.3 is 5.97 Å². The molecule has 5 aliphatic rings. The lowest BCUT2D eigenvalue weighted by molar-refractivity contribution is -0.154. The summed E-state index contributed by atoms with van der Waals surface area (Å²) in [5.74, 6) is -3.12. The Bertz CT molecular complexity index is 1740. The number of imide groups is 1. The fraction of sp³-hybridized carbons (Fsp3) is 0.242. The van der Waals surface area contributed by atoms with E-state index < -0.39 is 47.9 Å². The molecule has 3 aromatic carbocycles. The molecule has 2 bridgehead atoms. The zero-order valence-electron chi connectivity index (χ0n) is 22.9. The van der Waals surface area contributed by atoms with E-state index in [1.54, 1.807) is 24.3 Å². The summed E-state index contributed by atoms with van der Waals surface area (Å²) in [6, 6.07) is 16.8. The van der Waals surface area contributed by atoms with Crippen LogP contribution in [0.15, 0.2) is 83.4 Å². The average molecular weight is 694 g/mol. The van der Waals surface area contributed by atoms with Gasteiger partial charge in [-0.25, -0.2) is 9.80 Å². The molecule has 0 aromatic heterocycles. The summed E-state index contributed by atoms with van der Waals surface area (Å²) < 4.78 is 6.24. The van der Waals surface area contributed by atoms with Gasteiger partial charge in [-0.2, -0.15) is 5.01 Å². The largest absolute Gasteiger partial charge is 0.423 e. The van der Waals surface area contributed by atoms with E-state index in [1.807, 2.05) is 12.2 Å². The molecular weight excluding hydrogens is 671 g/mol. The second-order valence-corrected chi connectivity index (χ2v) is 13.2. The van der Waals surface area contributed by atoms with Crippen molar-refractivity contribution in [3.8, 4) is 5.75 Å². The molecular formula is C33H23BrCl2N2O6. The van der Waals surface area contributed by atoms with E-state index in [9.17, 15) is 24.0 Å². The maximum atomic E-state index is 13.9. The molecule has 1 heterocycles. The highest BCUT2D eigenvalue weighted by molar-refractivity contribution is 9.10. The Balaban J connectivity index is 1.15. The quantitative estimate of drug-likeness (QED) is 0.0951. The van der Waals surface area contributed by atoms with Crippen LogP contribution in [0.1, 0.15) is 37.5 Å². The maximum absolute atomic E-state index is 13.9. The first-order valence-corrected chi connectivity index (χ1v) is 15.6. The summed E-state index contributed by atoms with van der Waals surface area (Å²) in [7, 11) is 0. The molecule has 0 radical (unpaired) electrons. The molecule has 11 heteroatoms. The topological polar surface area (TPSA) is 101 Å². The molecule has 4 aliphatic carbocycles. The van der Waals surface area contributed by atoms with Crippen molar-refractivity contribution in [2.45, 2.75) is 6.42 Å². The summed E-state index contributed by atoms with van der Waals surface area (Å²) in [5.41, 5.74) is 0.538. The maximum Gasteiger partial charge on any atom is 0.343 e. The van der Waals surface area contributed by atoms with Crippen LogP contribution in [0.5, 0.6) is 5.75 Å². The average Bonchev–Trinajstić information content (AvgIpc) is 3.79. The van der Waals surface area contributed by atoms with E-state index in [0.29, 0.717) is 22.4 Å². The number of Topliss-reactive ketones (excluding diaryl/α,β-unsaturated/α-hetero) is 1. The molecule has 0 spiro atoms. The van der Waals surface area contributed by atoms with Crippen LogP contribution in [-0.2, 0) is 9.59 Å². The van der Waals surface area contributed by atoms with Crippen molar-refractivity contribution in [2.75, 3.05) is 6.54 Å². The molecule has 2 saturated carbocycles. The minimum absolute atomic E-state index is 0.00140. The lowest BCUT2D eigenvalue weighted by Crippen LogP contribution is -2.52. The molecule has 8 rings (SSSR count). The van der Waals surface area contributed by atoms with Crippen LogP contribution < -0.4 is 4.74 Å². The van der Waals surface area contributed by atoms with Gasteiger partial charge in [0.25, 0.3) is 17.7 Å². The summed E-state index contributed by atoms with van der Waals surface area (Å²) >= 11 is 15.7. The van der Waals surface area contributed by atoms with Gasteiger partial charge in [-0.05, 0) is 96.8 Å². The second-order valence-electron chi connectivity index (χ2n) is 11.5. The number of allylic oxidation sites excluding steroid dienone is 2. The third kappa shape index (κ3) is 4.87. The van der Waals surface area contributed by atoms with Crippen molar-refractivity contribution in [2.24, 2.45) is 35.5 Å². The molecule has 8 nitrogen and oxygen atoms in total. The van der Waals surface area contributed by atoms with Crippen LogP contribution in [0.25, 0.3) is 0 Å². The normalized spacial score (nSPS) is 25.8. The van der Waals surface area contributed by atoms with Gasteiger partial charge in [-0.3, -0.25) is 19.2 Å². The van der Waals surface area contributed by atoms with E-state index in [1.165, 1.54) is 42.5 Å². The number of hydrogen-bond acceptors (Lipinski definition) is 6. The molecule has 222 valence electrons. The lowest BCUT2D eigenvalue weighted by atomic mass is 9.63. The summed E-state index contributed by atoms with van der Waals surface area (Å²) in [4.78, 5) is 67.8. The predicted molar refractivity (Wildman–Crippen MR) is 164 cm³/mol. The Kier molecular flexibility index (Phi) is 7.22. The molecule has 44 heavy (non-hydrogen) atoms. The van der Waals surface area contributed by atoms with Crippen LogP contribution in [0, 0.1) is 35.5 Å². The van der Waals surface area contributed by atoms with Crippen LogP contribution >= 0.6 is 39.1 Å². The SMILES string of the molecule is O=C(CN(C(=O)c1ccc(Cl)cc1Cl)N1C(=O)[C@@H]2[C@H]3C=C[C@@H]([C@@H]4C[C@@H]34)[C@@H]2C1=O)c1ccc(OC(=O)c2ccc(Br)cc2)cc1. The second kappa shape index (κ2) is 11.0.